The van der Waals surface area contributed by atoms with Crippen molar-refractivity contribution in [2.24, 2.45) is 5.73 Å². The molecule has 2 amide bonds. The minimum absolute atomic E-state index is 0.0381. The number of nitrogens with two attached hydrogens (primary N) is 1. The van der Waals surface area contributed by atoms with Crippen LogP contribution in [0.4, 0.5) is 0 Å². The molecule has 0 saturated carbocycles. The minimum Gasteiger partial charge on any atom is -0.378 e. The maximum Gasteiger partial charge on any atom is 0.254 e. The zero-order valence-electron chi connectivity index (χ0n) is 16.2. The summed E-state index contributed by atoms with van der Waals surface area (Å²) in [5.74, 6) is -0.570. The molecule has 1 fully saturated rings. The van der Waals surface area contributed by atoms with Gasteiger partial charge in [0, 0.05) is 35.1 Å². The number of aromatic amines is 1. The molecule has 0 spiro atoms. The third kappa shape index (κ3) is 3.09. The Hall–Kier alpha value is -3.71. The number of benzene rings is 2. The first-order chi connectivity index (χ1) is 14.6. The van der Waals surface area contributed by atoms with E-state index in [0.29, 0.717) is 54.2 Å². The van der Waals surface area contributed by atoms with Gasteiger partial charge in [-0.1, -0.05) is 30.3 Å². The first kappa shape index (κ1) is 18.3. The Balaban J connectivity index is 1.69. The van der Waals surface area contributed by atoms with E-state index in [9.17, 15) is 9.59 Å². The summed E-state index contributed by atoms with van der Waals surface area (Å²) in [4.78, 5) is 34.9. The fourth-order valence-corrected chi connectivity index (χ4v) is 3.88. The summed E-state index contributed by atoms with van der Waals surface area (Å²) in [5.41, 5.74) is 10.2. The molecular weight excluding hydrogens is 380 g/mol. The van der Waals surface area contributed by atoms with Gasteiger partial charge in [0.2, 0.25) is 0 Å². The zero-order chi connectivity index (χ0) is 20.7. The van der Waals surface area contributed by atoms with Crippen LogP contribution in [-0.4, -0.2) is 53.0 Å². The molecule has 1 aliphatic rings. The maximum atomic E-state index is 12.9. The number of nitrogens with zero attached hydrogens (tertiary/aromatic N) is 2. The summed E-state index contributed by atoms with van der Waals surface area (Å²) in [5, 5.41) is 0.782. The number of nitrogens with one attached hydrogen (secondary N) is 1. The average molecular weight is 400 g/mol. The van der Waals surface area contributed by atoms with Crippen LogP contribution in [-0.2, 0) is 4.74 Å². The molecule has 2 aromatic carbocycles. The Labute approximate surface area is 172 Å². The molecule has 30 heavy (non-hydrogen) atoms. The van der Waals surface area contributed by atoms with Gasteiger partial charge in [0.05, 0.1) is 35.5 Å². The van der Waals surface area contributed by atoms with Crippen molar-refractivity contribution in [3.63, 3.8) is 0 Å². The van der Waals surface area contributed by atoms with E-state index >= 15 is 0 Å². The molecule has 0 bridgehead atoms. The second-order valence-corrected chi connectivity index (χ2v) is 7.30. The molecule has 7 nitrogen and oxygen atoms in total. The van der Waals surface area contributed by atoms with E-state index in [2.05, 4.69) is 4.98 Å². The molecule has 0 atom stereocenters. The first-order valence-corrected chi connectivity index (χ1v) is 9.80. The Kier molecular flexibility index (Phi) is 4.44. The Morgan fingerprint density at radius 2 is 1.80 bits per heavy atom. The molecule has 0 unspecified atom stereocenters. The van der Waals surface area contributed by atoms with Crippen LogP contribution in [0.1, 0.15) is 20.7 Å². The monoisotopic (exact) mass is 400 g/mol. The summed E-state index contributed by atoms with van der Waals surface area (Å²) < 4.78 is 5.34. The molecule has 150 valence electrons. The second kappa shape index (κ2) is 7.27. The molecule has 1 saturated heterocycles. The molecule has 0 radical (unpaired) electrons. The molecule has 3 N–H and O–H groups in total. The summed E-state index contributed by atoms with van der Waals surface area (Å²) in [6.45, 7) is 2.25. The van der Waals surface area contributed by atoms with Gasteiger partial charge in [-0.15, -0.1) is 0 Å². The standard InChI is InChI=1S/C23H20N4O3/c24-22(28)17-13-19(14-4-2-1-3-5-14)26-20-16-12-15(6-7-18(16)25-21(17)20)23(29)27-8-10-30-11-9-27/h1-7,12-13,25H,8-11H2,(H2,24,28). The Morgan fingerprint density at radius 1 is 1.03 bits per heavy atom. The van der Waals surface area contributed by atoms with Crippen molar-refractivity contribution in [3.8, 4) is 11.3 Å². The number of amides is 2. The number of pyridine rings is 1. The number of rotatable bonds is 3. The number of H-pyrrole nitrogens is 1. The third-order valence-electron chi connectivity index (χ3n) is 5.43. The lowest BCUT2D eigenvalue weighted by atomic mass is 10.1. The van der Waals surface area contributed by atoms with Gasteiger partial charge in [-0.3, -0.25) is 9.59 Å². The number of morpholine rings is 1. The molecule has 2 aromatic heterocycles. The number of fused-ring (bicyclic) bond motifs is 3. The van der Waals surface area contributed by atoms with Crippen molar-refractivity contribution >= 4 is 33.8 Å². The van der Waals surface area contributed by atoms with Crippen LogP contribution < -0.4 is 5.73 Å². The molecule has 4 aromatic rings. The van der Waals surface area contributed by atoms with Gasteiger partial charge in [0.1, 0.15) is 0 Å². The minimum atomic E-state index is -0.532. The van der Waals surface area contributed by atoms with Crippen molar-refractivity contribution in [1.82, 2.24) is 14.9 Å². The van der Waals surface area contributed by atoms with E-state index in [-0.39, 0.29) is 5.91 Å². The maximum absolute atomic E-state index is 12.9. The molecule has 1 aliphatic heterocycles. The van der Waals surface area contributed by atoms with Gasteiger partial charge in [0.25, 0.3) is 11.8 Å². The van der Waals surface area contributed by atoms with Gasteiger partial charge in [-0.2, -0.15) is 0 Å². The normalized spacial score (nSPS) is 14.3. The molecular formula is C23H20N4O3. The van der Waals surface area contributed by atoms with E-state index in [1.165, 1.54) is 0 Å². The van der Waals surface area contributed by atoms with Gasteiger partial charge < -0.3 is 20.4 Å². The fourth-order valence-electron chi connectivity index (χ4n) is 3.88. The van der Waals surface area contributed by atoms with E-state index in [1.54, 1.807) is 17.0 Å². The van der Waals surface area contributed by atoms with Crippen LogP contribution in [0.2, 0.25) is 0 Å². The van der Waals surface area contributed by atoms with Crippen molar-refractivity contribution in [2.45, 2.75) is 0 Å². The van der Waals surface area contributed by atoms with Crippen LogP contribution in [0, 0.1) is 0 Å². The first-order valence-electron chi connectivity index (χ1n) is 9.80. The smallest absolute Gasteiger partial charge is 0.254 e. The van der Waals surface area contributed by atoms with E-state index in [4.69, 9.17) is 15.5 Å². The quantitative estimate of drug-likeness (QED) is 0.552. The van der Waals surface area contributed by atoms with E-state index in [0.717, 1.165) is 16.5 Å². The topological polar surface area (TPSA) is 101 Å². The predicted molar refractivity (Wildman–Crippen MR) is 114 cm³/mol. The van der Waals surface area contributed by atoms with Gasteiger partial charge in [0.15, 0.2) is 0 Å². The molecule has 7 heteroatoms. The molecule has 5 rings (SSSR count). The number of primary amides is 1. The summed E-state index contributed by atoms with van der Waals surface area (Å²) in [6.07, 6.45) is 0. The second-order valence-electron chi connectivity index (χ2n) is 7.30. The summed E-state index contributed by atoms with van der Waals surface area (Å²) >= 11 is 0. The van der Waals surface area contributed by atoms with Gasteiger partial charge in [-0.05, 0) is 24.3 Å². The van der Waals surface area contributed by atoms with Crippen LogP contribution in [0.25, 0.3) is 33.2 Å². The largest absolute Gasteiger partial charge is 0.378 e. The Morgan fingerprint density at radius 3 is 2.53 bits per heavy atom. The van der Waals surface area contributed by atoms with Crippen molar-refractivity contribution < 1.29 is 14.3 Å². The number of aromatic nitrogens is 2. The summed E-state index contributed by atoms with van der Waals surface area (Å²) in [7, 11) is 0. The number of hydrogen-bond donors (Lipinski definition) is 2. The van der Waals surface area contributed by atoms with Crippen molar-refractivity contribution in [3.05, 3.63) is 65.7 Å². The molecule has 3 heterocycles. The van der Waals surface area contributed by atoms with Crippen molar-refractivity contribution in [2.75, 3.05) is 26.3 Å². The highest BCUT2D eigenvalue weighted by Crippen LogP contribution is 2.31. The molecule has 0 aliphatic carbocycles. The predicted octanol–water partition coefficient (Wildman–Crippen LogP) is 2.95. The average Bonchev–Trinajstić information content (AvgIpc) is 3.16. The van der Waals surface area contributed by atoms with E-state index < -0.39 is 5.91 Å². The number of ether oxygens (including phenoxy) is 1. The zero-order valence-corrected chi connectivity index (χ0v) is 16.2. The number of hydrogen-bond acceptors (Lipinski definition) is 4. The van der Waals surface area contributed by atoms with Crippen LogP contribution in [0.3, 0.4) is 0 Å². The lowest BCUT2D eigenvalue weighted by molar-refractivity contribution is 0.0303. The van der Waals surface area contributed by atoms with Gasteiger partial charge in [-0.25, -0.2) is 4.98 Å². The highest BCUT2D eigenvalue weighted by atomic mass is 16.5. The van der Waals surface area contributed by atoms with E-state index in [1.807, 2.05) is 42.5 Å². The SMILES string of the molecule is NC(=O)c1cc(-c2ccccc2)nc2c1[nH]c1ccc(C(=O)N3CCOCC3)cc12. The number of carbonyl (C=O) groups is 2. The lowest BCUT2D eigenvalue weighted by Gasteiger charge is -2.26. The van der Waals surface area contributed by atoms with Crippen LogP contribution in [0.15, 0.2) is 54.6 Å². The van der Waals surface area contributed by atoms with Crippen LogP contribution in [0.5, 0.6) is 0 Å². The third-order valence-corrected chi connectivity index (χ3v) is 5.43. The van der Waals surface area contributed by atoms with Crippen molar-refractivity contribution in [1.29, 1.82) is 0 Å². The van der Waals surface area contributed by atoms with Gasteiger partial charge >= 0.3 is 0 Å². The Bertz CT molecular complexity index is 1270. The van der Waals surface area contributed by atoms with Crippen LogP contribution >= 0.6 is 0 Å². The number of carbonyl (C=O) groups excluding carboxylic acids is 2. The highest BCUT2D eigenvalue weighted by Gasteiger charge is 2.21. The lowest BCUT2D eigenvalue weighted by Crippen LogP contribution is -2.40. The highest BCUT2D eigenvalue weighted by molar-refractivity contribution is 6.15. The fraction of sp³-hybridized carbons (Fsp3) is 0.174. The summed E-state index contributed by atoms with van der Waals surface area (Å²) in [6, 6.07) is 16.8.